The van der Waals surface area contributed by atoms with Gasteiger partial charge in [0.15, 0.2) is 0 Å². The minimum atomic E-state index is -0.590. The summed E-state index contributed by atoms with van der Waals surface area (Å²) in [5.74, 6) is -0.243. The lowest BCUT2D eigenvalue weighted by molar-refractivity contribution is 0.574. The second-order valence-electron chi connectivity index (χ2n) is 1.56. The molecule has 0 unspecified atom stereocenters. The number of rotatable bonds is 0. The monoisotopic (exact) mass is 146 g/mol. The Morgan fingerprint density at radius 1 is 1.56 bits per heavy atom. The highest BCUT2D eigenvalue weighted by atomic mass is 35.5. The molecule has 2 nitrogen and oxygen atoms in total. The fourth-order valence-electron chi connectivity index (χ4n) is 0.497. The largest absolute Gasteiger partial charge is 0.221 e. The first kappa shape index (κ1) is 6.42. The molecular formula is C5H4ClFN2. The van der Waals surface area contributed by atoms with E-state index in [2.05, 4.69) is 9.97 Å². The maximum absolute atomic E-state index is 12.2. The lowest BCUT2D eigenvalue weighted by Gasteiger charge is -1.90. The van der Waals surface area contributed by atoms with Gasteiger partial charge in [0, 0.05) is 6.07 Å². The third kappa shape index (κ3) is 1.61. The highest BCUT2D eigenvalue weighted by Crippen LogP contribution is 2.04. The Hall–Kier alpha value is -0.700. The van der Waals surface area contributed by atoms with Crippen LogP contribution in [0.5, 0.6) is 0 Å². The van der Waals surface area contributed by atoms with Crippen molar-refractivity contribution in [1.29, 1.82) is 0 Å². The first-order valence-electron chi connectivity index (χ1n) is 2.35. The molecule has 9 heavy (non-hydrogen) atoms. The molecule has 1 rings (SSSR count). The van der Waals surface area contributed by atoms with Crippen LogP contribution in [0.3, 0.4) is 0 Å². The number of hydrogen-bond donors (Lipinski definition) is 0. The van der Waals surface area contributed by atoms with Gasteiger partial charge in [-0.3, -0.25) is 0 Å². The van der Waals surface area contributed by atoms with E-state index in [4.69, 9.17) is 11.6 Å². The molecule has 0 aromatic carbocycles. The van der Waals surface area contributed by atoms with Gasteiger partial charge in [-0.15, -0.1) is 0 Å². The standard InChI is InChI=1S/C5H4ClFN2/c1-3-8-4(6)2-5(7)9-3/h2H,1H3. The van der Waals surface area contributed by atoms with Crippen LogP contribution in [0.4, 0.5) is 4.39 Å². The zero-order valence-corrected chi connectivity index (χ0v) is 5.48. The van der Waals surface area contributed by atoms with Crippen molar-refractivity contribution in [3.05, 3.63) is 23.0 Å². The van der Waals surface area contributed by atoms with E-state index in [1.54, 1.807) is 6.92 Å². The van der Waals surface area contributed by atoms with Crippen LogP contribution in [0.25, 0.3) is 0 Å². The van der Waals surface area contributed by atoms with Crippen LogP contribution < -0.4 is 0 Å². The number of nitrogens with zero attached hydrogens (tertiary/aromatic N) is 2. The van der Waals surface area contributed by atoms with Gasteiger partial charge in [-0.05, 0) is 6.92 Å². The second kappa shape index (κ2) is 2.27. The van der Waals surface area contributed by atoms with Gasteiger partial charge >= 0.3 is 0 Å². The van der Waals surface area contributed by atoms with Gasteiger partial charge in [-0.25, -0.2) is 9.97 Å². The summed E-state index contributed by atoms with van der Waals surface area (Å²) in [6.45, 7) is 1.58. The van der Waals surface area contributed by atoms with Crippen molar-refractivity contribution in [2.75, 3.05) is 0 Å². The Labute approximate surface area is 56.7 Å². The van der Waals surface area contributed by atoms with Crippen LogP contribution in [0.2, 0.25) is 5.15 Å². The van der Waals surface area contributed by atoms with E-state index in [0.717, 1.165) is 6.07 Å². The van der Waals surface area contributed by atoms with Gasteiger partial charge in [0.2, 0.25) is 5.95 Å². The van der Waals surface area contributed by atoms with Crippen molar-refractivity contribution < 1.29 is 4.39 Å². The van der Waals surface area contributed by atoms with E-state index >= 15 is 0 Å². The summed E-state index contributed by atoms with van der Waals surface area (Å²) in [6.07, 6.45) is 0. The number of halogens is 2. The van der Waals surface area contributed by atoms with Crippen LogP contribution in [0.1, 0.15) is 5.82 Å². The average molecular weight is 147 g/mol. The molecule has 0 fully saturated rings. The number of hydrogen-bond acceptors (Lipinski definition) is 2. The topological polar surface area (TPSA) is 25.8 Å². The molecule has 0 atom stereocenters. The molecule has 48 valence electrons. The Morgan fingerprint density at radius 3 is 2.67 bits per heavy atom. The van der Waals surface area contributed by atoms with E-state index in [9.17, 15) is 4.39 Å². The lowest BCUT2D eigenvalue weighted by atomic mass is 10.6. The summed E-state index contributed by atoms with van der Waals surface area (Å²) in [5, 5.41) is 0.139. The highest BCUT2D eigenvalue weighted by Gasteiger charge is 1.95. The predicted octanol–water partition coefficient (Wildman–Crippen LogP) is 1.58. The van der Waals surface area contributed by atoms with Crippen molar-refractivity contribution in [2.24, 2.45) is 0 Å². The summed E-state index contributed by atoms with van der Waals surface area (Å²) in [6, 6.07) is 1.06. The van der Waals surface area contributed by atoms with Crippen molar-refractivity contribution >= 4 is 11.6 Å². The zero-order valence-electron chi connectivity index (χ0n) is 4.73. The van der Waals surface area contributed by atoms with Crippen LogP contribution in [0.15, 0.2) is 6.07 Å². The van der Waals surface area contributed by atoms with E-state index in [1.807, 2.05) is 0 Å². The van der Waals surface area contributed by atoms with E-state index in [-0.39, 0.29) is 5.15 Å². The summed E-state index contributed by atoms with van der Waals surface area (Å²) in [5.41, 5.74) is 0. The van der Waals surface area contributed by atoms with Gasteiger partial charge in [-0.2, -0.15) is 4.39 Å². The van der Waals surface area contributed by atoms with Gasteiger partial charge in [0.1, 0.15) is 11.0 Å². The molecular weight excluding hydrogens is 143 g/mol. The molecule has 0 bridgehead atoms. The molecule has 0 aliphatic carbocycles. The SMILES string of the molecule is Cc1nc(F)cc(Cl)n1. The lowest BCUT2D eigenvalue weighted by Crippen LogP contribution is -1.90. The van der Waals surface area contributed by atoms with E-state index in [0.29, 0.717) is 5.82 Å². The summed E-state index contributed by atoms with van der Waals surface area (Å²) in [7, 11) is 0. The second-order valence-corrected chi connectivity index (χ2v) is 1.95. The van der Waals surface area contributed by atoms with Crippen molar-refractivity contribution in [2.45, 2.75) is 6.92 Å². The Balaban J connectivity index is 3.17. The minimum absolute atomic E-state index is 0.139. The fourth-order valence-corrected chi connectivity index (χ4v) is 0.709. The molecule has 0 amide bonds. The molecule has 0 saturated heterocycles. The molecule has 0 radical (unpaired) electrons. The van der Waals surface area contributed by atoms with Crippen molar-refractivity contribution in [3.8, 4) is 0 Å². The maximum atomic E-state index is 12.2. The molecule has 0 saturated carbocycles. The van der Waals surface area contributed by atoms with Crippen LogP contribution in [0, 0.1) is 12.9 Å². The maximum Gasteiger partial charge on any atom is 0.217 e. The zero-order chi connectivity index (χ0) is 6.85. The van der Waals surface area contributed by atoms with Gasteiger partial charge in [-0.1, -0.05) is 11.6 Å². The Kier molecular flexibility index (Phi) is 1.62. The molecule has 0 spiro atoms. The first-order valence-corrected chi connectivity index (χ1v) is 2.73. The van der Waals surface area contributed by atoms with Gasteiger partial charge < -0.3 is 0 Å². The number of aryl methyl sites for hydroxylation is 1. The smallest absolute Gasteiger partial charge is 0.217 e. The predicted molar refractivity (Wildman–Crippen MR) is 31.7 cm³/mol. The molecule has 4 heteroatoms. The highest BCUT2D eigenvalue weighted by molar-refractivity contribution is 6.29. The summed E-state index contributed by atoms with van der Waals surface area (Å²) >= 11 is 5.36. The Morgan fingerprint density at radius 2 is 2.22 bits per heavy atom. The minimum Gasteiger partial charge on any atom is -0.221 e. The number of aromatic nitrogens is 2. The third-order valence-electron chi connectivity index (χ3n) is 0.775. The Bertz CT molecular complexity index is 176. The van der Waals surface area contributed by atoms with Gasteiger partial charge in [0.25, 0.3) is 0 Å². The third-order valence-corrected chi connectivity index (χ3v) is 0.969. The van der Waals surface area contributed by atoms with Crippen molar-refractivity contribution in [1.82, 2.24) is 9.97 Å². The summed E-state index contributed by atoms with van der Waals surface area (Å²) in [4.78, 5) is 7.02. The first-order chi connectivity index (χ1) is 4.18. The average Bonchev–Trinajstić information content (AvgIpc) is 1.59. The molecule has 1 aromatic rings. The van der Waals surface area contributed by atoms with E-state index < -0.39 is 5.95 Å². The van der Waals surface area contributed by atoms with Crippen LogP contribution >= 0.6 is 11.6 Å². The molecule has 1 heterocycles. The molecule has 0 aliphatic rings. The van der Waals surface area contributed by atoms with E-state index in [1.165, 1.54) is 0 Å². The normalized spacial score (nSPS) is 9.67. The molecule has 1 aromatic heterocycles. The summed E-state index contributed by atoms with van der Waals surface area (Å²) < 4.78 is 12.2. The molecule has 0 aliphatic heterocycles. The van der Waals surface area contributed by atoms with Crippen LogP contribution in [-0.2, 0) is 0 Å². The molecule has 0 N–H and O–H groups in total. The fraction of sp³-hybridized carbons (Fsp3) is 0.200. The van der Waals surface area contributed by atoms with Gasteiger partial charge in [0.05, 0.1) is 0 Å². The quantitative estimate of drug-likeness (QED) is 0.520. The van der Waals surface area contributed by atoms with Crippen LogP contribution in [-0.4, -0.2) is 9.97 Å². The van der Waals surface area contributed by atoms with Crippen molar-refractivity contribution in [3.63, 3.8) is 0 Å².